The van der Waals surface area contributed by atoms with Gasteiger partial charge < -0.3 is 10.6 Å². The Morgan fingerprint density at radius 3 is 2.32 bits per heavy atom. The van der Waals surface area contributed by atoms with Crippen LogP contribution in [0.25, 0.3) is 5.69 Å². The molecule has 1 unspecified atom stereocenters. The highest BCUT2D eigenvalue weighted by Gasteiger charge is 2.40. The average Bonchev–Trinajstić information content (AvgIpc) is 3.27. The van der Waals surface area contributed by atoms with Gasteiger partial charge in [-0.25, -0.2) is 4.68 Å². The first kappa shape index (κ1) is 28.2. The number of alkyl halides is 3. The number of hydrogen-bond donors (Lipinski definition) is 2. The molecule has 0 bridgehead atoms. The van der Waals surface area contributed by atoms with Crippen molar-refractivity contribution < 1.29 is 22.8 Å². The molecule has 2 N–H and O–H groups in total. The monoisotopic (exact) mass is 534 g/mol. The molecule has 10 heteroatoms. The van der Waals surface area contributed by atoms with Crippen molar-refractivity contribution in [3.63, 3.8) is 0 Å². The van der Waals surface area contributed by atoms with Crippen LogP contribution >= 0.6 is 11.6 Å². The zero-order chi connectivity index (χ0) is 27.3. The van der Waals surface area contributed by atoms with E-state index in [0.717, 1.165) is 25.5 Å². The van der Waals surface area contributed by atoms with E-state index in [2.05, 4.69) is 29.6 Å². The number of hydrogen-bond acceptors (Lipinski definition) is 3. The van der Waals surface area contributed by atoms with Crippen LogP contribution < -0.4 is 10.6 Å². The minimum Gasteiger partial charge on any atom is -0.350 e. The molecule has 2 amide bonds. The molecule has 1 atom stereocenters. The summed E-state index contributed by atoms with van der Waals surface area (Å²) < 4.78 is 42.8. The number of nitrogens with zero attached hydrogens (tertiary/aromatic N) is 2. The second kappa shape index (κ2) is 11.8. The second-order valence-corrected chi connectivity index (χ2v) is 9.89. The smallest absolute Gasteiger partial charge is 0.350 e. The van der Waals surface area contributed by atoms with Crippen molar-refractivity contribution in [1.82, 2.24) is 15.1 Å². The molecule has 37 heavy (non-hydrogen) atoms. The molecule has 0 aliphatic carbocycles. The lowest BCUT2D eigenvalue weighted by molar-refractivity contribution is -0.143. The van der Waals surface area contributed by atoms with Gasteiger partial charge >= 0.3 is 6.18 Å². The number of nitrogens with one attached hydrogen (secondary N) is 2. The number of amides is 2. The number of halogens is 4. The van der Waals surface area contributed by atoms with Gasteiger partial charge in [0.1, 0.15) is 0 Å². The van der Waals surface area contributed by atoms with E-state index in [9.17, 15) is 22.8 Å². The van der Waals surface area contributed by atoms with Gasteiger partial charge in [0, 0.05) is 11.1 Å². The number of para-hydroxylation sites is 1. The van der Waals surface area contributed by atoms with Crippen LogP contribution in [0.15, 0.2) is 48.7 Å². The SMILES string of the molecule is Cc1cc(Cl)cc(C(=O)NC(C)CCCC(C)C)c1NC(=O)c1cnn(-c2ccccc2)c1C(F)(F)F. The standard InChI is InChI=1S/C27H30ClF3N4O2/c1-16(2)9-8-10-18(4)33-25(36)21-14-19(28)13-17(3)23(21)34-26(37)22-15-32-35(24(22)27(29,30)31)20-11-6-5-7-12-20/h5-7,11-16,18H,8-10H2,1-4H3,(H,33,36)(H,34,37). The number of rotatable bonds is 9. The first-order valence-corrected chi connectivity index (χ1v) is 12.4. The maximum Gasteiger partial charge on any atom is 0.434 e. The van der Waals surface area contributed by atoms with Crippen LogP contribution in [0.4, 0.5) is 18.9 Å². The Morgan fingerprint density at radius 1 is 1.03 bits per heavy atom. The number of carbonyl (C=O) groups is 2. The molecular formula is C27H30ClF3N4O2. The Kier molecular flexibility index (Phi) is 9.02. The zero-order valence-corrected chi connectivity index (χ0v) is 21.9. The number of aromatic nitrogens is 2. The molecule has 0 spiro atoms. The van der Waals surface area contributed by atoms with Gasteiger partial charge in [0.25, 0.3) is 11.8 Å². The van der Waals surface area contributed by atoms with Crippen LogP contribution in [0, 0.1) is 12.8 Å². The molecule has 0 fully saturated rings. The fourth-order valence-electron chi connectivity index (χ4n) is 4.03. The molecule has 198 valence electrons. The predicted molar refractivity (Wildman–Crippen MR) is 138 cm³/mol. The molecule has 0 aliphatic heterocycles. The number of benzene rings is 2. The molecule has 1 heterocycles. The molecule has 2 aromatic carbocycles. The minimum atomic E-state index is -4.86. The molecule has 0 saturated carbocycles. The van der Waals surface area contributed by atoms with Gasteiger partial charge in [0.15, 0.2) is 5.69 Å². The summed E-state index contributed by atoms with van der Waals surface area (Å²) in [5.74, 6) is -0.971. The third-order valence-corrected chi connectivity index (χ3v) is 6.08. The van der Waals surface area contributed by atoms with Crippen LogP contribution in [-0.2, 0) is 6.18 Å². The Hall–Kier alpha value is -3.33. The fraction of sp³-hybridized carbons (Fsp3) is 0.370. The quantitative estimate of drug-likeness (QED) is 0.309. The van der Waals surface area contributed by atoms with E-state index in [1.807, 2.05) is 6.92 Å². The first-order valence-electron chi connectivity index (χ1n) is 12.0. The Morgan fingerprint density at radius 2 is 1.70 bits per heavy atom. The summed E-state index contributed by atoms with van der Waals surface area (Å²) in [6, 6.07) is 10.5. The summed E-state index contributed by atoms with van der Waals surface area (Å²) in [5.41, 5.74) is -1.14. The van der Waals surface area contributed by atoms with E-state index in [-0.39, 0.29) is 28.0 Å². The van der Waals surface area contributed by atoms with Crippen LogP contribution in [0.2, 0.25) is 5.02 Å². The van der Waals surface area contributed by atoms with E-state index < -0.39 is 29.2 Å². The van der Waals surface area contributed by atoms with E-state index >= 15 is 0 Å². The summed E-state index contributed by atoms with van der Waals surface area (Å²) in [6.45, 7) is 7.74. The summed E-state index contributed by atoms with van der Waals surface area (Å²) in [4.78, 5) is 26.2. The van der Waals surface area contributed by atoms with Crippen LogP contribution in [0.5, 0.6) is 0 Å². The summed E-state index contributed by atoms with van der Waals surface area (Å²) in [5, 5.41) is 9.48. The lowest BCUT2D eigenvalue weighted by Gasteiger charge is -2.18. The molecule has 0 saturated heterocycles. The van der Waals surface area contributed by atoms with Crippen LogP contribution in [-0.4, -0.2) is 27.6 Å². The van der Waals surface area contributed by atoms with Crippen molar-refractivity contribution in [3.05, 3.63) is 76.1 Å². The molecule has 3 aromatic rings. The Bertz CT molecular complexity index is 1260. The Labute approximate surface area is 219 Å². The van der Waals surface area contributed by atoms with Gasteiger partial charge in [-0.05, 0) is 56.0 Å². The van der Waals surface area contributed by atoms with E-state index in [1.54, 1.807) is 25.1 Å². The average molecular weight is 535 g/mol. The third-order valence-electron chi connectivity index (χ3n) is 5.86. The fourth-order valence-corrected chi connectivity index (χ4v) is 4.30. The normalized spacial score (nSPS) is 12.5. The van der Waals surface area contributed by atoms with E-state index in [4.69, 9.17) is 11.6 Å². The van der Waals surface area contributed by atoms with Gasteiger partial charge in [-0.1, -0.05) is 56.5 Å². The van der Waals surface area contributed by atoms with E-state index in [1.165, 1.54) is 24.3 Å². The number of carbonyl (C=O) groups excluding carboxylic acids is 2. The van der Waals surface area contributed by atoms with Crippen LogP contribution in [0.1, 0.15) is 72.0 Å². The van der Waals surface area contributed by atoms with Gasteiger partial charge in [-0.15, -0.1) is 0 Å². The maximum absolute atomic E-state index is 14.0. The maximum atomic E-state index is 14.0. The van der Waals surface area contributed by atoms with Gasteiger partial charge in [-0.3, -0.25) is 9.59 Å². The third kappa shape index (κ3) is 7.13. The molecule has 3 rings (SSSR count). The zero-order valence-electron chi connectivity index (χ0n) is 21.1. The molecule has 1 aromatic heterocycles. The lowest BCUT2D eigenvalue weighted by atomic mass is 10.0. The summed E-state index contributed by atoms with van der Waals surface area (Å²) in [7, 11) is 0. The topological polar surface area (TPSA) is 76.0 Å². The van der Waals surface area contributed by atoms with Crippen molar-refractivity contribution in [2.24, 2.45) is 5.92 Å². The molecule has 0 radical (unpaired) electrons. The summed E-state index contributed by atoms with van der Waals surface area (Å²) in [6.07, 6.45) is -1.27. The Balaban J connectivity index is 1.91. The number of anilines is 1. The number of aryl methyl sites for hydroxylation is 1. The molecule has 6 nitrogen and oxygen atoms in total. The highest BCUT2D eigenvalue weighted by molar-refractivity contribution is 6.31. The van der Waals surface area contributed by atoms with Crippen molar-refractivity contribution in [2.75, 3.05) is 5.32 Å². The highest BCUT2D eigenvalue weighted by atomic mass is 35.5. The molecule has 0 aliphatic rings. The highest BCUT2D eigenvalue weighted by Crippen LogP contribution is 2.34. The molecular weight excluding hydrogens is 505 g/mol. The largest absolute Gasteiger partial charge is 0.434 e. The predicted octanol–water partition coefficient (Wildman–Crippen LogP) is 7.05. The van der Waals surface area contributed by atoms with Crippen LogP contribution in [0.3, 0.4) is 0 Å². The lowest BCUT2D eigenvalue weighted by Crippen LogP contribution is -2.33. The van der Waals surface area contributed by atoms with Gasteiger partial charge in [-0.2, -0.15) is 18.3 Å². The minimum absolute atomic E-state index is 0.0677. The van der Waals surface area contributed by atoms with Crippen molar-refractivity contribution in [1.29, 1.82) is 0 Å². The van der Waals surface area contributed by atoms with Crippen molar-refractivity contribution in [2.45, 2.75) is 59.2 Å². The second-order valence-electron chi connectivity index (χ2n) is 9.45. The van der Waals surface area contributed by atoms with Gasteiger partial charge in [0.2, 0.25) is 0 Å². The van der Waals surface area contributed by atoms with Gasteiger partial charge in [0.05, 0.1) is 28.7 Å². The van der Waals surface area contributed by atoms with Crippen molar-refractivity contribution >= 4 is 29.1 Å². The summed E-state index contributed by atoms with van der Waals surface area (Å²) >= 11 is 6.18. The van der Waals surface area contributed by atoms with Crippen molar-refractivity contribution in [3.8, 4) is 5.69 Å². The first-order chi connectivity index (χ1) is 17.4. The van der Waals surface area contributed by atoms with E-state index in [0.29, 0.717) is 16.2 Å².